The van der Waals surface area contributed by atoms with Gasteiger partial charge < -0.3 is 0 Å². The van der Waals surface area contributed by atoms with E-state index in [-0.39, 0.29) is 4.99 Å². The maximum Gasteiger partial charge on any atom is 0.460 e. The first-order valence-corrected chi connectivity index (χ1v) is 7.62. The Balaban J connectivity index is 6.81. The van der Waals surface area contributed by atoms with Crippen molar-refractivity contribution in [2.75, 3.05) is 0 Å². The lowest BCUT2D eigenvalue weighted by atomic mass is 9.89. The van der Waals surface area contributed by atoms with Gasteiger partial charge in [0.15, 0.2) is 0 Å². The molecule has 0 fully saturated rings. The van der Waals surface area contributed by atoms with E-state index in [0.29, 0.717) is 0 Å². The Morgan fingerprint density at radius 3 is 0.931 bits per heavy atom. The molecule has 0 rings (SSSR count). The van der Waals surface area contributed by atoms with Gasteiger partial charge in [0.2, 0.25) is 0 Å². The van der Waals surface area contributed by atoms with E-state index in [9.17, 15) is 74.6 Å². The SMILES string of the molecule is FC(F)(F)C(F)(F)C(F)(F)C(F)(F)C(F)(F)C(F)(F)C(F)(F)C(F)(F)/C(Br)=C/Br. The first-order chi connectivity index (χ1) is 12.2. The van der Waals surface area contributed by atoms with Crippen LogP contribution in [0.5, 0.6) is 0 Å². The van der Waals surface area contributed by atoms with Gasteiger partial charge in [-0.3, -0.25) is 0 Å². The van der Waals surface area contributed by atoms with Crippen LogP contribution in [0, 0.1) is 0 Å². The highest BCUT2D eigenvalue weighted by Crippen LogP contribution is 2.64. The molecule has 0 saturated carbocycles. The Morgan fingerprint density at radius 2 is 0.690 bits per heavy atom. The van der Waals surface area contributed by atoms with Crippen LogP contribution in [-0.4, -0.2) is 47.6 Å². The third kappa shape index (κ3) is 3.60. The molecule has 0 radical (unpaired) electrons. The number of allylic oxidation sites excluding steroid dienone is 1. The molecule has 0 aromatic carbocycles. The summed E-state index contributed by atoms with van der Waals surface area (Å²) in [5, 5.41) is 0. The fraction of sp³-hybridized carbons (Fsp3) is 0.800. The maximum absolute atomic E-state index is 13.3. The molecule has 0 aromatic rings. The zero-order chi connectivity index (χ0) is 24.3. The van der Waals surface area contributed by atoms with Crippen molar-refractivity contribution in [3.63, 3.8) is 0 Å². The molecular formula is C10HBr2F17. The van der Waals surface area contributed by atoms with Gasteiger partial charge in [-0.2, -0.15) is 74.6 Å². The number of halogens is 19. The van der Waals surface area contributed by atoms with Gasteiger partial charge in [-0.05, 0) is 20.9 Å². The molecule has 174 valence electrons. The zero-order valence-corrected chi connectivity index (χ0v) is 15.4. The molecule has 29 heavy (non-hydrogen) atoms. The van der Waals surface area contributed by atoms with Crippen LogP contribution in [0.25, 0.3) is 0 Å². The lowest BCUT2D eigenvalue weighted by molar-refractivity contribution is -0.459. The van der Waals surface area contributed by atoms with Crippen molar-refractivity contribution >= 4 is 31.9 Å². The third-order valence-electron chi connectivity index (χ3n) is 3.12. The molecule has 0 N–H and O–H groups in total. The topological polar surface area (TPSA) is 0 Å². The van der Waals surface area contributed by atoms with Crippen LogP contribution in [-0.2, 0) is 0 Å². The first kappa shape index (κ1) is 28.5. The molecule has 0 spiro atoms. The minimum atomic E-state index is -8.62. The molecule has 0 aliphatic carbocycles. The lowest BCUT2D eigenvalue weighted by Gasteiger charge is -2.42. The van der Waals surface area contributed by atoms with Crippen LogP contribution >= 0.6 is 31.9 Å². The zero-order valence-electron chi connectivity index (χ0n) is 12.3. The largest absolute Gasteiger partial charge is 0.460 e. The fourth-order valence-corrected chi connectivity index (χ4v) is 1.92. The molecule has 0 saturated heterocycles. The maximum atomic E-state index is 13.3. The molecular weight excluding hydrogens is 603 g/mol. The van der Waals surface area contributed by atoms with E-state index in [1.807, 2.05) is 15.9 Å². The summed E-state index contributed by atoms with van der Waals surface area (Å²) in [6, 6.07) is 0. The van der Waals surface area contributed by atoms with Crippen LogP contribution in [0.15, 0.2) is 9.47 Å². The summed E-state index contributed by atoms with van der Waals surface area (Å²) in [7, 11) is 0. The van der Waals surface area contributed by atoms with Crippen LogP contribution < -0.4 is 0 Å². The number of hydrogen-bond donors (Lipinski definition) is 0. The molecule has 0 aliphatic heterocycles. The summed E-state index contributed by atoms with van der Waals surface area (Å²) in [6.45, 7) is 0. The van der Waals surface area contributed by atoms with E-state index in [2.05, 4.69) is 0 Å². The Morgan fingerprint density at radius 1 is 0.448 bits per heavy atom. The van der Waals surface area contributed by atoms with Gasteiger partial charge in [-0.1, -0.05) is 15.9 Å². The van der Waals surface area contributed by atoms with E-state index in [1.165, 1.54) is 15.9 Å². The van der Waals surface area contributed by atoms with Gasteiger partial charge in [-0.15, -0.1) is 0 Å². The smallest absolute Gasteiger partial charge is 0.193 e. The molecule has 0 unspecified atom stereocenters. The lowest BCUT2D eigenvalue weighted by Crippen LogP contribution is -2.74. The van der Waals surface area contributed by atoms with Crippen molar-refractivity contribution in [2.45, 2.75) is 47.6 Å². The van der Waals surface area contributed by atoms with E-state index >= 15 is 0 Å². The second kappa shape index (κ2) is 7.29. The van der Waals surface area contributed by atoms with Crippen LogP contribution in [0.3, 0.4) is 0 Å². The molecule has 0 nitrogen and oxygen atoms in total. The molecule has 0 aliphatic rings. The number of rotatable bonds is 7. The fourth-order valence-electron chi connectivity index (χ4n) is 1.38. The third-order valence-corrected chi connectivity index (χ3v) is 4.92. The summed E-state index contributed by atoms with van der Waals surface area (Å²) in [4.78, 5) is -0.375. The minimum Gasteiger partial charge on any atom is -0.193 e. The second-order valence-corrected chi connectivity index (χ2v) is 6.29. The van der Waals surface area contributed by atoms with Gasteiger partial charge in [0, 0.05) is 0 Å². The molecule has 19 heteroatoms. The van der Waals surface area contributed by atoms with Gasteiger partial charge >= 0.3 is 47.6 Å². The summed E-state index contributed by atoms with van der Waals surface area (Å²) >= 11 is 3.28. The van der Waals surface area contributed by atoms with Crippen molar-refractivity contribution in [1.29, 1.82) is 0 Å². The Bertz CT molecular complexity index is 643. The predicted molar refractivity (Wildman–Crippen MR) is 66.6 cm³/mol. The van der Waals surface area contributed by atoms with Gasteiger partial charge in [0.1, 0.15) is 0 Å². The number of hydrogen-bond acceptors (Lipinski definition) is 0. The van der Waals surface area contributed by atoms with E-state index < -0.39 is 52.1 Å². The Kier molecular flexibility index (Phi) is 7.16. The summed E-state index contributed by atoms with van der Waals surface area (Å²) in [5.41, 5.74) is 0. The predicted octanol–water partition coefficient (Wildman–Crippen LogP) is 7.63. The van der Waals surface area contributed by atoms with E-state index in [0.717, 1.165) is 0 Å². The molecule has 0 heterocycles. The molecule has 0 atom stereocenters. The van der Waals surface area contributed by atoms with Crippen LogP contribution in [0.1, 0.15) is 0 Å². The standard InChI is InChI=1S/C10HBr2F17/c11-1-2(12)3(13,14)4(15,16)5(17,18)6(19,20)7(21,22)8(23,24)9(25,26)10(27,28)29/h1H/b2-1-. The summed E-state index contributed by atoms with van der Waals surface area (Å²) in [5.74, 6) is -56.4. The van der Waals surface area contributed by atoms with Crippen molar-refractivity contribution in [3.8, 4) is 0 Å². The average molecular weight is 604 g/mol. The van der Waals surface area contributed by atoms with Gasteiger partial charge in [-0.25, -0.2) is 0 Å². The quantitative estimate of drug-likeness (QED) is 0.263. The average Bonchev–Trinajstić information content (AvgIpc) is 2.51. The van der Waals surface area contributed by atoms with E-state index in [4.69, 9.17) is 0 Å². The molecule has 0 aromatic heterocycles. The van der Waals surface area contributed by atoms with Crippen LogP contribution in [0.4, 0.5) is 74.6 Å². The number of alkyl halides is 17. The normalized spacial score (nSPS) is 17.0. The second-order valence-electron chi connectivity index (χ2n) is 4.98. The molecule has 0 bridgehead atoms. The highest BCUT2D eigenvalue weighted by molar-refractivity contribution is 9.14. The highest BCUT2D eigenvalue weighted by atomic mass is 79.9. The van der Waals surface area contributed by atoms with Crippen molar-refractivity contribution in [1.82, 2.24) is 0 Å². The summed E-state index contributed by atoms with van der Waals surface area (Å²) in [6.07, 6.45) is -7.76. The minimum absolute atomic E-state index is 0.375. The van der Waals surface area contributed by atoms with Gasteiger partial charge in [0.05, 0.1) is 4.48 Å². The Hall–Kier alpha value is -0.490. The van der Waals surface area contributed by atoms with Crippen LogP contribution in [0.2, 0.25) is 0 Å². The van der Waals surface area contributed by atoms with E-state index in [1.54, 1.807) is 0 Å². The highest BCUT2D eigenvalue weighted by Gasteiger charge is 2.95. The van der Waals surface area contributed by atoms with Crippen molar-refractivity contribution in [2.24, 2.45) is 0 Å². The van der Waals surface area contributed by atoms with Crippen molar-refractivity contribution in [3.05, 3.63) is 9.47 Å². The van der Waals surface area contributed by atoms with Crippen molar-refractivity contribution < 1.29 is 74.6 Å². The first-order valence-electron chi connectivity index (χ1n) is 5.91. The Labute approximate surface area is 164 Å². The summed E-state index contributed by atoms with van der Waals surface area (Å²) < 4.78 is 216. The molecule has 0 amide bonds. The monoisotopic (exact) mass is 602 g/mol. The van der Waals surface area contributed by atoms with Gasteiger partial charge in [0.25, 0.3) is 0 Å².